The number of halogens is 1. The number of nitrogens with two attached hydrogens (primary N) is 1. The molecule has 0 aromatic heterocycles. The van der Waals surface area contributed by atoms with Crippen molar-refractivity contribution >= 4 is 11.9 Å². The molecule has 0 saturated heterocycles. The van der Waals surface area contributed by atoms with E-state index >= 15 is 0 Å². The second kappa shape index (κ2) is 3.90. The lowest BCUT2D eigenvalue weighted by molar-refractivity contribution is -0.142. The van der Waals surface area contributed by atoms with Crippen LogP contribution in [0, 0.1) is 5.92 Å². The van der Waals surface area contributed by atoms with Crippen LogP contribution in [-0.2, 0) is 9.59 Å². The molecule has 0 aliphatic heterocycles. The Morgan fingerprint density at radius 1 is 1.64 bits per heavy atom. The normalized spacial score (nSPS) is 15.5. The third-order valence-electron chi connectivity index (χ3n) is 1.29. The van der Waals surface area contributed by atoms with Crippen LogP contribution in [0.15, 0.2) is 0 Å². The molecule has 11 heavy (non-hydrogen) atoms. The van der Waals surface area contributed by atoms with Crippen molar-refractivity contribution in [1.82, 2.24) is 0 Å². The predicted octanol–water partition coefficient (Wildman–Crippen LogP) is -0.0794. The number of carbonyl (C=O) groups excluding carboxylic acids is 1. The summed E-state index contributed by atoms with van der Waals surface area (Å²) in [5, 5.41) is 8.29. The number of amides is 1. The van der Waals surface area contributed by atoms with E-state index in [9.17, 15) is 14.0 Å². The van der Waals surface area contributed by atoms with Gasteiger partial charge in [-0.2, -0.15) is 0 Å². The Balaban J connectivity index is 3.84. The fourth-order valence-electron chi connectivity index (χ4n) is 0.527. The molecule has 64 valence electrons. The molecule has 1 amide bonds. The van der Waals surface area contributed by atoms with Crippen LogP contribution in [0.25, 0.3) is 0 Å². The third kappa shape index (κ3) is 3.54. The average molecular weight is 163 g/mol. The van der Waals surface area contributed by atoms with E-state index in [2.05, 4.69) is 5.73 Å². The van der Waals surface area contributed by atoms with Crippen LogP contribution < -0.4 is 5.73 Å². The topological polar surface area (TPSA) is 80.4 Å². The van der Waals surface area contributed by atoms with Crippen molar-refractivity contribution in [3.8, 4) is 0 Å². The van der Waals surface area contributed by atoms with E-state index in [4.69, 9.17) is 5.11 Å². The molecule has 0 radical (unpaired) electrons. The Hall–Kier alpha value is -1.13. The van der Waals surface area contributed by atoms with E-state index < -0.39 is 24.0 Å². The van der Waals surface area contributed by atoms with E-state index in [1.54, 1.807) is 0 Å². The molecular formula is C6H10FNO3. The zero-order valence-electron chi connectivity index (χ0n) is 6.08. The molecule has 3 N–H and O–H groups in total. The molecule has 0 aromatic carbocycles. The highest BCUT2D eigenvalue weighted by atomic mass is 19.1. The summed E-state index contributed by atoms with van der Waals surface area (Å²) in [7, 11) is 0. The first-order valence-electron chi connectivity index (χ1n) is 3.11. The molecule has 0 spiro atoms. The van der Waals surface area contributed by atoms with Crippen molar-refractivity contribution in [2.45, 2.75) is 19.5 Å². The Kier molecular flexibility index (Phi) is 3.50. The molecule has 0 bridgehead atoms. The number of carboxylic acids is 1. The van der Waals surface area contributed by atoms with Gasteiger partial charge in [0.05, 0.1) is 5.92 Å². The quantitative estimate of drug-likeness (QED) is 0.608. The molecule has 0 rings (SSSR count). The smallest absolute Gasteiger partial charge is 0.306 e. The van der Waals surface area contributed by atoms with Gasteiger partial charge in [0, 0.05) is 6.42 Å². The number of aliphatic carboxylic acids is 1. The van der Waals surface area contributed by atoms with Crippen LogP contribution >= 0.6 is 0 Å². The maximum atomic E-state index is 12.4. The maximum absolute atomic E-state index is 12.4. The standard InChI is InChI=1S/C6H10FNO3/c1-3(6(10)11)2-4(7)5(8)9/h3-4H,2H2,1H3,(H2,8,9)(H,10,11)/t3-,4?/m0/s1. The Labute approximate surface area is 63.2 Å². The van der Waals surface area contributed by atoms with Crippen LogP contribution in [0.1, 0.15) is 13.3 Å². The largest absolute Gasteiger partial charge is 0.481 e. The number of carboxylic acid groups (broad SMARTS) is 1. The summed E-state index contributed by atoms with van der Waals surface area (Å²) in [4.78, 5) is 20.3. The molecule has 0 aliphatic carbocycles. The van der Waals surface area contributed by atoms with Gasteiger partial charge in [-0.3, -0.25) is 9.59 Å². The zero-order chi connectivity index (χ0) is 9.02. The zero-order valence-corrected chi connectivity index (χ0v) is 6.08. The molecule has 0 aliphatic rings. The van der Waals surface area contributed by atoms with Crippen LogP contribution in [0.5, 0.6) is 0 Å². The van der Waals surface area contributed by atoms with Gasteiger partial charge in [-0.05, 0) is 0 Å². The predicted molar refractivity (Wildman–Crippen MR) is 35.5 cm³/mol. The first kappa shape index (κ1) is 9.87. The highest BCUT2D eigenvalue weighted by Crippen LogP contribution is 2.08. The summed E-state index contributed by atoms with van der Waals surface area (Å²) in [6, 6.07) is 0. The fraction of sp³-hybridized carbons (Fsp3) is 0.667. The Bertz CT molecular complexity index is 153. The highest BCUT2D eigenvalue weighted by Gasteiger charge is 2.21. The Morgan fingerprint density at radius 2 is 2.09 bits per heavy atom. The minimum absolute atomic E-state index is 0.356. The molecule has 0 heterocycles. The van der Waals surface area contributed by atoms with Gasteiger partial charge in [0.25, 0.3) is 5.91 Å². The Morgan fingerprint density at radius 3 is 2.36 bits per heavy atom. The molecule has 2 atom stereocenters. The summed E-state index contributed by atoms with van der Waals surface area (Å²) < 4.78 is 12.4. The number of hydrogen-bond donors (Lipinski definition) is 2. The van der Waals surface area contributed by atoms with Gasteiger partial charge in [0.1, 0.15) is 0 Å². The second-order valence-electron chi connectivity index (χ2n) is 2.34. The van der Waals surface area contributed by atoms with Crippen molar-refractivity contribution in [3.63, 3.8) is 0 Å². The van der Waals surface area contributed by atoms with Gasteiger partial charge in [0.2, 0.25) is 0 Å². The highest BCUT2D eigenvalue weighted by molar-refractivity contribution is 5.79. The number of alkyl halides is 1. The average Bonchev–Trinajstić information content (AvgIpc) is 1.87. The molecule has 0 saturated carbocycles. The molecule has 5 heteroatoms. The minimum atomic E-state index is -1.86. The lowest BCUT2D eigenvalue weighted by Gasteiger charge is -2.06. The summed E-state index contributed by atoms with van der Waals surface area (Å²) in [6.07, 6.45) is -2.22. The van der Waals surface area contributed by atoms with Gasteiger partial charge >= 0.3 is 5.97 Å². The van der Waals surface area contributed by atoms with E-state index in [0.29, 0.717) is 0 Å². The fourth-order valence-corrected chi connectivity index (χ4v) is 0.527. The summed E-state index contributed by atoms with van der Waals surface area (Å²) in [5.41, 5.74) is 4.58. The van der Waals surface area contributed by atoms with Gasteiger partial charge in [-0.1, -0.05) is 6.92 Å². The summed E-state index contributed by atoms with van der Waals surface area (Å²) in [5.74, 6) is -3.12. The number of hydrogen-bond acceptors (Lipinski definition) is 2. The molecular weight excluding hydrogens is 153 g/mol. The van der Waals surface area contributed by atoms with Crippen LogP contribution in [0.2, 0.25) is 0 Å². The molecule has 1 unspecified atom stereocenters. The lowest BCUT2D eigenvalue weighted by atomic mass is 10.0. The first-order valence-corrected chi connectivity index (χ1v) is 3.11. The molecule has 4 nitrogen and oxygen atoms in total. The van der Waals surface area contributed by atoms with Gasteiger partial charge in [-0.25, -0.2) is 4.39 Å². The lowest BCUT2D eigenvalue weighted by Crippen LogP contribution is -2.28. The molecule has 0 aromatic rings. The monoisotopic (exact) mass is 163 g/mol. The van der Waals surface area contributed by atoms with Crippen molar-refractivity contribution in [2.24, 2.45) is 11.7 Å². The van der Waals surface area contributed by atoms with Crippen molar-refractivity contribution in [2.75, 3.05) is 0 Å². The van der Waals surface area contributed by atoms with Crippen molar-refractivity contribution in [3.05, 3.63) is 0 Å². The van der Waals surface area contributed by atoms with E-state index in [1.807, 2.05) is 0 Å². The summed E-state index contributed by atoms with van der Waals surface area (Å²) in [6.45, 7) is 1.32. The maximum Gasteiger partial charge on any atom is 0.306 e. The summed E-state index contributed by atoms with van der Waals surface area (Å²) >= 11 is 0. The van der Waals surface area contributed by atoms with Gasteiger partial charge < -0.3 is 10.8 Å². The number of carbonyl (C=O) groups is 2. The molecule has 0 fully saturated rings. The van der Waals surface area contributed by atoms with E-state index in [0.717, 1.165) is 0 Å². The van der Waals surface area contributed by atoms with Crippen LogP contribution in [0.3, 0.4) is 0 Å². The minimum Gasteiger partial charge on any atom is -0.481 e. The SMILES string of the molecule is C[C@@H](CC(F)C(N)=O)C(=O)O. The van der Waals surface area contributed by atoms with E-state index in [1.165, 1.54) is 6.92 Å². The number of primary amides is 1. The van der Waals surface area contributed by atoms with Crippen molar-refractivity contribution in [1.29, 1.82) is 0 Å². The third-order valence-corrected chi connectivity index (χ3v) is 1.29. The number of rotatable bonds is 4. The van der Waals surface area contributed by atoms with Crippen LogP contribution in [0.4, 0.5) is 4.39 Å². The van der Waals surface area contributed by atoms with Crippen molar-refractivity contribution < 1.29 is 19.1 Å². The van der Waals surface area contributed by atoms with Crippen LogP contribution in [-0.4, -0.2) is 23.2 Å². The second-order valence-corrected chi connectivity index (χ2v) is 2.34. The van der Waals surface area contributed by atoms with Gasteiger partial charge in [0.15, 0.2) is 6.17 Å². The van der Waals surface area contributed by atoms with E-state index in [-0.39, 0.29) is 6.42 Å². The first-order chi connectivity index (χ1) is 4.95. The van der Waals surface area contributed by atoms with Gasteiger partial charge in [-0.15, -0.1) is 0 Å².